The van der Waals surface area contributed by atoms with Gasteiger partial charge in [-0.1, -0.05) is 6.07 Å². The van der Waals surface area contributed by atoms with Crippen LogP contribution in [0.4, 0.5) is 8.78 Å². The van der Waals surface area contributed by atoms with Crippen LogP contribution in [0.3, 0.4) is 0 Å². The van der Waals surface area contributed by atoms with Gasteiger partial charge >= 0.3 is 5.97 Å². The first kappa shape index (κ1) is 13.0. The molecule has 0 heterocycles. The first-order chi connectivity index (χ1) is 9.02. The van der Waals surface area contributed by atoms with Gasteiger partial charge in [-0.3, -0.25) is 0 Å². The Bertz CT molecular complexity index is 639. The lowest BCUT2D eigenvalue weighted by molar-refractivity contribution is 0.0692. The minimum absolute atomic E-state index is 0.148. The molecule has 98 valence electrons. The molecule has 0 unspecified atom stereocenters. The summed E-state index contributed by atoms with van der Waals surface area (Å²) in [6, 6.07) is 7.51. The van der Waals surface area contributed by atoms with E-state index in [0.29, 0.717) is 5.75 Å². The quantitative estimate of drug-likeness (QED) is 0.924. The molecule has 0 aliphatic heterocycles. The number of hydrogen-bond acceptors (Lipinski definition) is 2. The summed E-state index contributed by atoms with van der Waals surface area (Å²) in [6.07, 6.45) is 0. The molecule has 0 atom stereocenters. The second-order valence-electron chi connectivity index (χ2n) is 3.85. The predicted octanol–water partition coefficient (Wildman–Crippen LogP) is 3.34. The van der Waals surface area contributed by atoms with Crippen LogP contribution in [0.1, 0.15) is 10.4 Å². The van der Waals surface area contributed by atoms with Crippen molar-refractivity contribution < 1.29 is 23.4 Å². The van der Waals surface area contributed by atoms with Crippen molar-refractivity contribution in [2.45, 2.75) is 0 Å². The largest absolute Gasteiger partial charge is 0.497 e. The third-order valence-electron chi connectivity index (χ3n) is 2.68. The zero-order valence-electron chi connectivity index (χ0n) is 9.98. The molecule has 0 aliphatic carbocycles. The molecular weight excluding hydrogens is 254 g/mol. The van der Waals surface area contributed by atoms with Gasteiger partial charge in [0.2, 0.25) is 0 Å². The molecule has 0 fully saturated rings. The summed E-state index contributed by atoms with van der Waals surface area (Å²) in [7, 11) is 1.44. The molecule has 0 amide bonds. The minimum Gasteiger partial charge on any atom is -0.497 e. The van der Waals surface area contributed by atoms with Gasteiger partial charge in [-0.15, -0.1) is 0 Å². The zero-order valence-corrected chi connectivity index (χ0v) is 9.98. The predicted molar refractivity (Wildman–Crippen MR) is 65.3 cm³/mol. The average Bonchev–Trinajstić information content (AvgIpc) is 2.38. The van der Waals surface area contributed by atoms with E-state index in [2.05, 4.69) is 0 Å². The lowest BCUT2D eigenvalue weighted by atomic mass is 10.0. The fraction of sp³-hybridized carbons (Fsp3) is 0.0714. The van der Waals surface area contributed by atoms with E-state index in [1.807, 2.05) is 0 Å². The molecule has 0 saturated carbocycles. The van der Waals surface area contributed by atoms with Crippen molar-refractivity contribution in [3.63, 3.8) is 0 Å². The number of carboxylic acid groups (broad SMARTS) is 1. The molecule has 0 spiro atoms. The van der Waals surface area contributed by atoms with Gasteiger partial charge in [-0.25, -0.2) is 13.6 Å². The van der Waals surface area contributed by atoms with Crippen LogP contribution >= 0.6 is 0 Å². The third kappa shape index (κ3) is 2.54. The van der Waals surface area contributed by atoms with Gasteiger partial charge in [-0.05, 0) is 35.9 Å². The summed E-state index contributed by atoms with van der Waals surface area (Å²) in [5, 5.41) is 8.73. The summed E-state index contributed by atoms with van der Waals surface area (Å²) in [6.45, 7) is 0. The Morgan fingerprint density at radius 2 is 1.84 bits per heavy atom. The maximum absolute atomic E-state index is 13.7. The number of rotatable bonds is 3. The zero-order chi connectivity index (χ0) is 14.0. The molecule has 2 aromatic carbocycles. The van der Waals surface area contributed by atoms with Gasteiger partial charge in [-0.2, -0.15) is 0 Å². The van der Waals surface area contributed by atoms with Crippen LogP contribution in [0.5, 0.6) is 5.75 Å². The van der Waals surface area contributed by atoms with Crippen LogP contribution in [-0.4, -0.2) is 18.2 Å². The second-order valence-corrected chi connectivity index (χ2v) is 3.85. The number of halogens is 2. The topological polar surface area (TPSA) is 46.5 Å². The van der Waals surface area contributed by atoms with E-state index in [0.717, 1.165) is 12.1 Å². The Hall–Kier alpha value is -2.43. The number of ether oxygens (including phenoxy) is 1. The van der Waals surface area contributed by atoms with Crippen LogP contribution in [0.25, 0.3) is 11.1 Å². The van der Waals surface area contributed by atoms with Crippen molar-refractivity contribution in [2.75, 3.05) is 7.11 Å². The average molecular weight is 264 g/mol. The van der Waals surface area contributed by atoms with E-state index < -0.39 is 23.2 Å². The Morgan fingerprint density at radius 3 is 2.42 bits per heavy atom. The molecule has 3 nitrogen and oxygen atoms in total. The molecule has 1 N–H and O–H groups in total. The van der Waals surface area contributed by atoms with Crippen molar-refractivity contribution in [2.24, 2.45) is 0 Å². The fourth-order valence-corrected chi connectivity index (χ4v) is 1.71. The van der Waals surface area contributed by atoms with E-state index in [-0.39, 0.29) is 11.1 Å². The summed E-state index contributed by atoms with van der Waals surface area (Å²) >= 11 is 0. The number of benzene rings is 2. The monoisotopic (exact) mass is 264 g/mol. The molecule has 0 aliphatic rings. The van der Waals surface area contributed by atoms with E-state index >= 15 is 0 Å². The molecule has 0 bridgehead atoms. The molecular formula is C14H10F2O3. The number of carbonyl (C=O) groups is 1. The second kappa shape index (κ2) is 5.06. The summed E-state index contributed by atoms with van der Waals surface area (Å²) in [5.74, 6) is -2.38. The van der Waals surface area contributed by atoms with Crippen molar-refractivity contribution in [3.8, 4) is 16.9 Å². The normalized spacial score (nSPS) is 10.3. The number of hydrogen-bond donors (Lipinski definition) is 1. The van der Waals surface area contributed by atoms with Crippen molar-refractivity contribution >= 4 is 5.97 Å². The molecule has 2 aromatic rings. The first-order valence-electron chi connectivity index (χ1n) is 5.39. The van der Waals surface area contributed by atoms with E-state index in [4.69, 9.17) is 9.84 Å². The van der Waals surface area contributed by atoms with E-state index in [1.54, 1.807) is 0 Å². The fourth-order valence-electron chi connectivity index (χ4n) is 1.71. The molecule has 5 heteroatoms. The van der Waals surface area contributed by atoms with Gasteiger partial charge in [0.15, 0.2) is 0 Å². The molecule has 0 aromatic heterocycles. The van der Waals surface area contributed by atoms with Gasteiger partial charge < -0.3 is 9.84 Å². The first-order valence-corrected chi connectivity index (χ1v) is 5.39. The highest BCUT2D eigenvalue weighted by Crippen LogP contribution is 2.28. The van der Waals surface area contributed by atoms with Gasteiger partial charge in [0.1, 0.15) is 17.4 Å². The van der Waals surface area contributed by atoms with Crippen LogP contribution in [-0.2, 0) is 0 Å². The summed E-state index contributed by atoms with van der Waals surface area (Å²) < 4.78 is 32.2. The highest BCUT2D eigenvalue weighted by molar-refractivity contribution is 5.88. The van der Waals surface area contributed by atoms with Crippen LogP contribution in [0, 0.1) is 11.6 Å². The van der Waals surface area contributed by atoms with E-state index in [9.17, 15) is 13.6 Å². The summed E-state index contributed by atoms with van der Waals surface area (Å²) in [4.78, 5) is 10.7. The molecule has 2 rings (SSSR count). The highest BCUT2D eigenvalue weighted by Gasteiger charge is 2.13. The highest BCUT2D eigenvalue weighted by atomic mass is 19.1. The molecule has 0 saturated heterocycles. The Kier molecular flexibility index (Phi) is 3.46. The number of methoxy groups -OCH3 is 1. The molecule has 0 radical (unpaired) electrons. The lowest BCUT2D eigenvalue weighted by Gasteiger charge is -2.07. The van der Waals surface area contributed by atoms with Crippen LogP contribution in [0.15, 0.2) is 36.4 Å². The maximum Gasteiger partial charge on any atom is 0.338 e. The smallest absolute Gasteiger partial charge is 0.338 e. The van der Waals surface area contributed by atoms with Crippen LogP contribution in [0.2, 0.25) is 0 Å². The number of carboxylic acids is 1. The van der Waals surface area contributed by atoms with Crippen LogP contribution < -0.4 is 4.74 Å². The maximum atomic E-state index is 13.7. The third-order valence-corrected chi connectivity index (χ3v) is 2.68. The Morgan fingerprint density at radius 1 is 1.11 bits per heavy atom. The van der Waals surface area contributed by atoms with Gasteiger partial charge in [0.25, 0.3) is 0 Å². The summed E-state index contributed by atoms with van der Waals surface area (Å²) in [5.41, 5.74) is -0.0545. The SMILES string of the molecule is COc1ccc(F)c(-c2ccc(C(=O)O)c(F)c2)c1. The number of aromatic carboxylic acids is 1. The Labute approximate surface area is 108 Å². The molecule has 19 heavy (non-hydrogen) atoms. The Balaban J connectivity index is 2.53. The standard InChI is InChI=1S/C14H10F2O3/c1-19-9-3-5-12(15)11(7-9)8-2-4-10(14(17)18)13(16)6-8/h2-7H,1H3,(H,17,18). The van der Waals surface area contributed by atoms with Gasteiger partial charge in [0, 0.05) is 5.56 Å². The van der Waals surface area contributed by atoms with Crippen molar-refractivity contribution in [1.82, 2.24) is 0 Å². The van der Waals surface area contributed by atoms with Crippen molar-refractivity contribution in [3.05, 3.63) is 53.6 Å². The van der Waals surface area contributed by atoms with E-state index in [1.165, 1.54) is 31.4 Å². The van der Waals surface area contributed by atoms with Gasteiger partial charge in [0.05, 0.1) is 12.7 Å². The van der Waals surface area contributed by atoms with Crippen molar-refractivity contribution in [1.29, 1.82) is 0 Å². The lowest BCUT2D eigenvalue weighted by Crippen LogP contribution is -2.00. The minimum atomic E-state index is -1.37.